The van der Waals surface area contributed by atoms with Gasteiger partial charge in [-0.05, 0) is 30.5 Å². The highest BCUT2D eigenvalue weighted by Crippen LogP contribution is 2.36. The van der Waals surface area contributed by atoms with Gasteiger partial charge in [-0.1, -0.05) is 36.4 Å². The fourth-order valence-electron chi connectivity index (χ4n) is 4.19. The zero-order chi connectivity index (χ0) is 23.5. The third kappa shape index (κ3) is 4.52. The first kappa shape index (κ1) is 22.3. The molecule has 5 N–H and O–H groups in total. The van der Waals surface area contributed by atoms with Gasteiger partial charge in [-0.15, -0.1) is 0 Å². The molecule has 33 heavy (non-hydrogen) atoms. The van der Waals surface area contributed by atoms with E-state index in [1.807, 2.05) is 12.1 Å². The van der Waals surface area contributed by atoms with Crippen molar-refractivity contribution in [3.63, 3.8) is 0 Å². The van der Waals surface area contributed by atoms with Gasteiger partial charge in [0.05, 0.1) is 18.7 Å². The lowest BCUT2D eigenvalue weighted by molar-refractivity contribution is 0.0946. The third-order valence-electron chi connectivity index (χ3n) is 5.91. The number of amides is 2. The molecule has 1 saturated carbocycles. The van der Waals surface area contributed by atoms with E-state index in [4.69, 9.17) is 16.2 Å². The Hall–Kier alpha value is -3.88. The van der Waals surface area contributed by atoms with Crippen molar-refractivity contribution in [3.05, 3.63) is 65.2 Å². The molecule has 3 aromatic rings. The molecule has 8 nitrogen and oxygen atoms in total. The van der Waals surface area contributed by atoms with Crippen LogP contribution in [0.25, 0.3) is 11.3 Å². The number of carbonyl (C=O) groups is 2. The minimum absolute atomic E-state index is 0.134. The average molecular weight is 452 g/mol. The summed E-state index contributed by atoms with van der Waals surface area (Å²) in [6.45, 7) is 0.302. The van der Waals surface area contributed by atoms with Crippen LogP contribution in [0.1, 0.15) is 51.6 Å². The number of nitrogens with zero attached hydrogens (tertiary/aromatic N) is 2. The summed E-state index contributed by atoms with van der Waals surface area (Å²) in [6.07, 6.45) is 0.467. The molecule has 1 heterocycles. The van der Waals surface area contributed by atoms with Gasteiger partial charge in [-0.3, -0.25) is 9.59 Å². The van der Waals surface area contributed by atoms with Crippen LogP contribution in [0.4, 0.5) is 10.2 Å². The molecule has 1 aliphatic carbocycles. The molecule has 0 radical (unpaired) electrons. The number of benzene rings is 2. The lowest BCUT2D eigenvalue weighted by Crippen LogP contribution is -2.23. The minimum atomic E-state index is -0.899. The van der Waals surface area contributed by atoms with Crippen LogP contribution in [-0.2, 0) is 6.54 Å². The Balaban J connectivity index is 1.52. The normalized spacial score (nSPS) is 17.6. The molecule has 0 bridgehead atoms. The zero-order valence-electron chi connectivity index (χ0n) is 18.3. The summed E-state index contributed by atoms with van der Waals surface area (Å²) in [4.78, 5) is 24.6. The van der Waals surface area contributed by atoms with Crippen LogP contribution in [0.15, 0.2) is 48.5 Å². The van der Waals surface area contributed by atoms with Gasteiger partial charge in [0.1, 0.15) is 29.0 Å². The highest BCUT2D eigenvalue weighted by atomic mass is 19.1. The first-order chi connectivity index (χ1) is 15.9. The molecule has 1 fully saturated rings. The van der Waals surface area contributed by atoms with Gasteiger partial charge in [0, 0.05) is 18.5 Å². The summed E-state index contributed by atoms with van der Waals surface area (Å²) in [5.74, 6) is -0.276. The first-order valence-corrected chi connectivity index (χ1v) is 10.7. The smallest absolute Gasteiger partial charge is 0.255 e. The number of carbonyl (C=O) groups excluding carboxylic acids is 2. The second kappa shape index (κ2) is 9.32. The van der Waals surface area contributed by atoms with E-state index in [9.17, 15) is 14.0 Å². The lowest BCUT2D eigenvalue weighted by Gasteiger charge is -2.11. The Kier molecular flexibility index (Phi) is 6.30. The van der Waals surface area contributed by atoms with Crippen LogP contribution in [0.3, 0.4) is 0 Å². The van der Waals surface area contributed by atoms with Crippen LogP contribution < -0.4 is 21.5 Å². The minimum Gasteiger partial charge on any atom is -0.496 e. The number of nitrogen functional groups attached to an aromatic ring is 1. The van der Waals surface area contributed by atoms with Gasteiger partial charge in [0.15, 0.2) is 0 Å². The van der Waals surface area contributed by atoms with E-state index in [2.05, 4.69) is 10.4 Å². The SMILES string of the molecule is COc1ccccc1C(=O)NCc1ccc(-c2nn(C3CCC(F)C3)c(N)c2C(N)=O)cc1. The van der Waals surface area contributed by atoms with Crippen molar-refractivity contribution in [1.29, 1.82) is 0 Å². The monoisotopic (exact) mass is 451 g/mol. The van der Waals surface area contributed by atoms with Gasteiger partial charge in [-0.25, -0.2) is 9.07 Å². The molecule has 4 rings (SSSR count). The van der Waals surface area contributed by atoms with Crippen molar-refractivity contribution in [2.75, 3.05) is 12.8 Å². The summed E-state index contributed by atoms with van der Waals surface area (Å²) in [7, 11) is 1.52. The standard InChI is InChI=1S/C24H26FN5O3/c1-33-19-5-3-2-4-18(19)24(32)28-13-14-6-8-15(9-7-14)21-20(23(27)31)22(26)30(29-21)17-11-10-16(25)12-17/h2-9,16-17H,10-13,26H2,1H3,(H2,27,31)(H,28,32). The molecule has 1 aliphatic rings. The number of ether oxygens (including phenoxy) is 1. The summed E-state index contributed by atoms with van der Waals surface area (Å²) >= 11 is 0. The molecule has 172 valence electrons. The number of para-hydroxylation sites is 1. The lowest BCUT2D eigenvalue weighted by atomic mass is 10.0. The predicted octanol–water partition coefficient (Wildman–Crippen LogP) is 3.23. The van der Waals surface area contributed by atoms with Gasteiger partial charge < -0.3 is 21.5 Å². The van der Waals surface area contributed by atoms with E-state index in [1.54, 1.807) is 36.4 Å². The number of halogens is 1. The van der Waals surface area contributed by atoms with Crippen LogP contribution in [0, 0.1) is 0 Å². The Morgan fingerprint density at radius 1 is 1.18 bits per heavy atom. The van der Waals surface area contributed by atoms with E-state index in [0.29, 0.717) is 48.4 Å². The number of alkyl halides is 1. The van der Waals surface area contributed by atoms with Crippen LogP contribution in [0.5, 0.6) is 5.75 Å². The van der Waals surface area contributed by atoms with E-state index < -0.39 is 12.1 Å². The van der Waals surface area contributed by atoms with Crippen LogP contribution in [-0.4, -0.2) is 34.9 Å². The van der Waals surface area contributed by atoms with Crippen molar-refractivity contribution >= 4 is 17.6 Å². The third-order valence-corrected chi connectivity index (χ3v) is 5.91. The average Bonchev–Trinajstić information content (AvgIpc) is 3.40. The molecule has 1 aromatic heterocycles. The maximum absolute atomic E-state index is 13.7. The fraction of sp³-hybridized carbons (Fsp3) is 0.292. The quantitative estimate of drug-likeness (QED) is 0.509. The number of hydrogen-bond acceptors (Lipinski definition) is 5. The second-order valence-corrected chi connectivity index (χ2v) is 8.06. The molecule has 9 heteroatoms. The summed E-state index contributed by atoms with van der Waals surface area (Å²) in [5.41, 5.74) is 14.2. The molecule has 2 unspecified atom stereocenters. The number of nitrogens with one attached hydrogen (secondary N) is 1. The van der Waals surface area contributed by atoms with E-state index in [1.165, 1.54) is 11.8 Å². The highest BCUT2D eigenvalue weighted by Gasteiger charge is 2.31. The van der Waals surface area contributed by atoms with Crippen molar-refractivity contribution in [2.24, 2.45) is 5.73 Å². The first-order valence-electron chi connectivity index (χ1n) is 10.7. The number of rotatable bonds is 7. The number of methoxy groups -OCH3 is 1. The maximum Gasteiger partial charge on any atom is 0.255 e. The Labute approximate surface area is 190 Å². The molecular formula is C24H26FN5O3. The number of hydrogen-bond donors (Lipinski definition) is 3. The van der Waals surface area contributed by atoms with Crippen LogP contribution in [0.2, 0.25) is 0 Å². The largest absolute Gasteiger partial charge is 0.496 e. The molecular weight excluding hydrogens is 425 g/mol. The Morgan fingerprint density at radius 3 is 2.55 bits per heavy atom. The van der Waals surface area contributed by atoms with Gasteiger partial charge >= 0.3 is 0 Å². The zero-order valence-corrected chi connectivity index (χ0v) is 18.3. The van der Waals surface area contributed by atoms with Crippen molar-refractivity contribution < 1.29 is 18.7 Å². The summed E-state index contributed by atoms with van der Waals surface area (Å²) in [5, 5.41) is 7.39. The van der Waals surface area contributed by atoms with Gasteiger partial charge in [0.2, 0.25) is 0 Å². The molecule has 0 saturated heterocycles. The van der Waals surface area contributed by atoms with Crippen LogP contribution >= 0.6 is 0 Å². The summed E-state index contributed by atoms with van der Waals surface area (Å²) in [6, 6.07) is 14.0. The molecule has 2 aromatic carbocycles. The topological polar surface area (TPSA) is 125 Å². The van der Waals surface area contributed by atoms with Crippen molar-refractivity contribution in [1.82, 2.24) is 15.1 Å². The Bertz CT molecular complexity index is 1180. The number of primary amides is 1. The van der Waals surface area contributed by atoms with E-state index in [0.717, 1.165) is 5.56 Å². The van der Waals surface area contributed by atoms with E-state index in [-0.39, 0.29) is 23.3 Å². The maximum atomic E-state index is 13.7. The molecule has 0 aliphatic heterocycles. The number of nitrogens with two attached hydrogens (primary N) is 2. The van der Waals surface area contributed by atoms with E-state index >= 15 is 0 Å². The Morgan fingerprint density at radius 2 is 1.91 bits per heavy atom. The van der Waals surface area contributed by atoms with Crippen molar-refractivity contribution in [3.8, 4) is 17.0 Å². The fourth-order valence-corrected chi connectivity index (χ4v) is 4.19. The van der Waals surface area contributed by atoms with Gasteiger partial charge in [-0.2, -0.15) is 5.10 Å². The second-order valence-electron chi connectivity index (χ2n) is 8.06. The highest BCUT2D eigenvalue weighted by molar-refractivity contribution is 6.03. The number of anilines is 1. The molecule has 0 spiro atoms. The predicted molar refractivity (Wildman–Crippen MR) is 123 cm³/mol. The number of aromatic nitrogens is 2. The molecule has 2 amide bonds. The van der Waals surface area contributed by atoms with Gasteiger partial charge in [0.25, 0.3) is 11.8 Å². The van der Waals surface area contributed by atoms with Crippen molar-refractivity contribution in [2.45, 2.75) is 38.0 Å². The summed E-state index contributed by atoms with van der Waals surface area (Å²) < 4.78 is 20.4. The molecule has 2 atom stereocenters.